The molecule has 0 aromatic heterocycles. The van der Waals surface area contributed by atoms with E-state index in [4.69, 9.17) is 9.47 Å². The number of nitrogens with zero attached hydrogens (tertiary/aromatic N) is 2. The van der Waals surface area contributed by atoms with E-state index >= 15 is 0 Å². The van der Waals surface area contributed by atoms with Crippen LogP contribution in [0.3, 0.4) is 0 Å². The molecule has 162 valence electrons. The summed E-state index contributed by atoms with van der Waals surface area (Å²) in [5, 5.41) is 10.7. The van der Waals surface area contributed by atoms with Crippen molar-refractivity contribution >= 4 is 20.3 Å². The van der Waals surface area contributed by atoms with Crippen LogP contribution in [0.4, 0.5) is 9.59 Å². The van der Waals surface area contributed by atoms with Gasteiger partial charge in [0.1, 0.15) is 5.60 Å². The van der Waals surface area contributed by atoms with Gasteiger partial charge in [0.15, 0.2) is 0 Å². The zero-order chi connectivity index (χ0) is 21.3. The number of fused-ring (bicyclic) bond motifs is 2. The normalized spacial score (nSPS) is 26.2. The molecule has 4 atom stereocenters. The molecule has 28 heavy (non-hydrogen) atoms. The van der Waals surface area contributed by atoms with E-state index in [0.717, 1.165) is 18.9 Å². The fraction of sp³-hybridized carbons (Fsp3) is 0.900. The van der Waals surface area contributed by atoms with Gasteiger partial charge in [0.05, 0.1) is 30.8 Å². The van der Waals surface area contributed by atoms with Crippen LogP contribution in [-0.2, 0) is 9.47 Å². The minimum atomic E-state index is -1.30. The third-order valence-electron chi connectivity index (χ3n) is 5.44. The molecule has 0 aromatic carbocycles. The largest absolute Gasteiger partial charge is 0.450 e. The standard InChI is InChI=1S/C20H38N2O5Si/c1-8-16(23)17-15-10-9-14(22(15)19(25)27-20(2,3)4)13-21(17)18(24)26-11-12-28(5,6)7/h14-17,23H,8-13H2,1-7H3/t14-,15+,16+,17+/m1/s1. The molecular weight excluding hydrogens is 376 g/mol. The molecule has 2 amide bonds. The highest BCUT2D eigenvalue weighted by Gasteiger charge is 2.53. The van der Waals surface area contributed by atoms with Gasteiger partial charge in [-0.05, 0) is 46.1 Å². The molecule has 2 aliphatic heterocycles. The molecule has 2 fully saturated rings. The Labute approximate surface area is 170 Å². The summed E-state index contributed by atoms with van der Waals surface area (Å²) in [5.74, 6) is 0. The molecule has 1 N–H and O–H groups in total. The maximum atomic E-state index is 12.8. The molecule has 8 heteroatoms. The van der Waals surface area contributed by atoms with Crippen LogP contribution >= 0.6 is 0 Å². The summed E-state index contributed by atoms with van der Waals surface area (Å²) >= 11 is 0. The molecule has 0 radical (unpaired) electrons. The van der Waals surface area contributed by atoms with Crippen LogP contribution in [0.15, 0.2) is 0 Å². The van der Waals surface area contributed by atoms with Gasteiger partial charge in [0.2, 0.25) is 0 Å². The summed E-state index contributed by atoms with van der Waals surface area (Å²) in [6, 6.07) is 0.109. The Balaban J connectivity index is 2.15. The Kier molecular flexibility index (Phi) is 7.07. The van der Waals surface area contributed by atoms with Gasteiger partial charge >= 0.3 is 12.2 Å². The van der Waals surface area contributed by atoms with Crippen LogP contribution in [0.1, 0.15) is 47.0 Å². The molecule has 0 spiro atoms. The number of amides is 2. The summed E-state index contributed by atoms with van der Waals surface area (Å²) in [4.78, 5) is 29.0. The number of rotatable bonds is 5. The molecular formula is C20H38N2O5Si. The highest BCUT2D eigenvalue weighted by atomic mass is 28.3. The highest BCUT2D eigenvalue weighted by Crippen LogP contribution is 2.37. The Morgan fingerprint density at radius 2 is 1.82 bits per heavy atom. The lowest BCUT2D eigenvalue weighted by Gasteiger charge is -2.47. The molecule has 0 aliphatic carbocycles. The average molecular weight is 415 g/mol. The predicted molar refractivity (Wildman–Crippen MR) is 111 cm³/mol. The SMILES string of the molecule is CC[C@H](O)[C@@H]1[C@@H]2CC[C@H](CN1C(=O)OCC[Si](C)(C)C)N2C(=O)OC(C)(C)C. The van der Waals surface area contributed by atoms with Crippen LogP contribution in [0, 0.1) is 0 Å². The molecule has 7 nitrogen and oxygen atoms in total. The zero-order valence-electron chi connectivity index (χ0n) is 18.5. The molecule has 2 heterocycles. The van der Waals surface area contributed by atoms with Crippen molar-refractivity contribution in [1.82, 2.24) is 9.80 Å². The molecule has 0 unspecified atom stereocenters. The summed E-state index contributed by atoms with van der Waals surface area (Å²) in [5.41, 5.74) is -0.581. The first-order valence-corrected chi connectivity index (χ1v) is 14.2. The van der Waals surface area contributed by atoms with E-state index in [1.54, 1.807) is 9.80 Å². The summed E-state index contributed by atoms with van der Waals surface area (Å²) in [6.07, 6.45) is 0.613. The van der Waals surface area contributed by atoms with Crippen molar-refractivity contribution in [2.45, 2.75) is 102 Å². The number of hydrogen-bond donors (Lipinski definition) is 1. The summed E-state index contributed by atoms with van der Waals surface area (Å²) < 4.78 is 11.2. The molecule has 2 rings (SSSR count). The van der Waals surface area contributed by atoms with Crippen molar-refractivity contribution in [2.75, 3.05) is 13.2 Å². The highest BCUT2D eigenvalue weighted by molar-refractivity contribution is 6.76. The van der Waals surface area contributed by atoms with Crippen molar-refractivity contribution in [3.05, 3.63) is 0 Å². The van der Waals surface area contributed by atoms with Crippen molar-refractivity contribution in [3.8, 4) is 0 Å². The van der Waals surface area contributed by atoms with Gasteiger partial charge in [0.25, 0.3) is 0 Å². The van der Waals surface area contributed by atoms with E-state index in [9.17, 15) is 14.7 Å². The first-order valence-electron chi connectivity index (χ1n) is 10.5. The van der Waals surface area contributed by atoms with Gasteiger partial charge in [-0.1, -0.05) is 26.6 Å². The van der Waals surface area contributed by atoms with E-state index in [2.05, 4.69) is 19.6 Å². The third kappa shape index (κ3) is 5.62. The molecule has 0 saturated carbocycles. The van der Waals surface area contributed by atoms with Crippen molar-refractivity contribution in [1.29, 1.82) is 0 Å². The Morgan fingerprint density at radius 1 is 1.18 bits per heavy atom. The van der Waals surface area contributed by atoms with E-state index in [0.29, 0.717) is 19.6 Å². The first kappa shape index (κ1) is 23.0. The van der Waals surface area contributed by atoms with Crippen LogP contribution < -0.4 is 0 Å². The second kappa shape index (κ2) is 8.61. The fourth-order valence-electron chi connectivity index (χ4n) is 4.01. The minimum absolute atomic E-state index is 0.0929. The third-order valence-corrected chi connectivity index (χ3v) is 7.14. The van der Waals surface area contributed by atoms with Gasteiger partial charge in [0, 0.05) is 14.6 Å². The van der Waals surface area contributed by atoms with Gasteiger partial charge in [-0.3, -0.25) is 9.80 Å². The van der Waals surface area contributed by atoms with Crippen molar-refractivity contribution in [2.24, 2.45) is 0 Å². The first-order chi connectivity index (χ1) is 12.8. The van der Waals surface area contributed by atoms with Crippen LogP contribution in [-0.4, -0.2) is 78.1 Å². The van der Waals surface area contributed by atoms with Gasteiger partial charge in [-0.25, -0.2) is 9.59 Å². The summed E-state index contributed by atoms with van der Waals surface area (Å²) in [7, 11) is -1.30. The Bertz CT molecular complexity index is 572. The Hall–Kier alpha value is -1.28. The number of aliphatic hydroxyl groups excluding tert-OH is 1. The lowest BCUT2D eigenvalue weighted by atomic mass is 9.96. The molecule has 2 saturated heterocycles. The number of carbonyl (C=O) groups excluding carboxylic acids is 2. The maximum Gasteiger partial charge on any atom is 0.410 e. The number of likely N-dealkylation sites (tertiary alicyclic amines) is 1. The second-order valence-electron chi connectivity index (χ2n) is 10.2. The lowest BCUT2D eigenvalue weighted by Crippen LogP contribution is -2.66. The molecule has 2 aliphatic rings. The minimum Gasteiger partial charge on any atom is -0.450 e. The number of aliphatic hydroxyl groups is 1. The fourth-order valence-corrected chi connectivity index (χ4v) is 4.73. The lowest BCUT2D eigenvalue weighted by molar-refractivity contribution is -0.0517. The average Bonchev–Trinajstić information content (AvgIpc) is 2.85. The van der Waals surface area contributed by atoms with E-state index < -0.39 is 25.8 Å². The zero-order valence-corrected chi connectivity index (χ0v) is 19.5. The van der Waals surface area contributed by atoms with Crippen LogP contribution in [0.5, 0.6) is 0 Å². The smallest absolute Gasteiger partial charge is 0.410 e. The molecule has 0 aromatic rings. The van der Waals surface area contributed by atoms with Crippen molar-refractivity contribution < 1.29 is 24.2 Å². The number of ether oxygens (including phenoxy) is 2. The number of piperazine rings is 1. The Morgan fingerprint density at radius 3 is 2.36 bits per heavy atom. The van der Waals surface area contributed by atoms with Gasteiger partial charge in [-0.2, -0.15) is 0 Å². The number of hydrogen-bond acceptors (Lipinski definition) is 5. The monoisotopic (exact) mass is 414 g/mol. The van der Waals surface area contributed by atoms with Crippen LogP contribution in [0.2, 0.25) is 25.7 Å². The topological polar surface area (TPSA) is 79.3 Å². The molecule has 2 bridgehead atoms. The summed E-state index contributed by atoms with van der Waals surface area (Å²) in [6.45, 7) is 14.9. The van der Waals surface area contributed by atoms with Crippen molar-refractivity contribution in [3.63, 3.8) is 0 Å². The van der Waals surface area contributed by atoms with Crippen LogP contribution in [0.25, 0.3) is 0 Å². The maximum absolute atomic E-state index is 12.8. The van der Waals surface area contributed by atoms with E-state index in [-0.39, 0.29) is 24.3 Å². The van der Waals surface area contributed by atoms with Gasteiger partial charge in [-0.15, -0.1) is 0 Å². The van der Waals surface area contributed by atoms with E-state index in [1.165, 1.54) is 0 Å². The predicted octanol–water partition coefficient (Wildman–Crippen LogP) is 3.68. The second-order valence-corrected chi connectivity index (χ2v) is 15.9. The quantitative estimate of drug-likeness (QED) is 0.694. The van der Waals surface area contributed by atoms with E-state index in [1.807, 2.05) is 27.7 Å². The number of carbonyl (C=O) groups is 2. The van der Waals surface area contributed by atoms with Gasteiger partial charge < -0.3 is 14.6 Å².